The van der Waals surface area contributed by atoms with E-state index in [1.165, 1.54) is 14.0 Å². The van der Waals surface area contributed by atoms with Crippen molar-refractivity contribution in [3.05, 3.63) is 0 Å². The fourth-order valence-corrected chi connectivity index (χ4v) is 1.59. The number of nitrogens with one attached hydrogen (secondary N) is 1. The molecule has 6 heteroatoms. The van der Waals surface area contributed by atoms with Gasteiger partial charge in [0.2, 0.25) is 5.91 Å². The first kappa shape index (κ1) is 15.7. The molecule has 0 spiro atoms. The summed E-state index contributed by atoms with van der Waals surface area (Å²) in [4.78, 5) is 23.6. The summed E-state index contributed by atoms with van der Waals surface area (Å²) >= 11 is 0. The van der Waals surface area contributed by atoms with Gasteiger partial charge in [0.25, 0.3) is 0 Å². The maximum absolute atomic E-state index is 11.3. The van der Waals surface area contributed by atoms with Gasteiger partial charge in [-0.25, -0.2) is 4.79 Å². The number of hydrogen-bond acceptors (Lipinski definition) is 4. The second kappa shape index (κ2) is 7.89. The minimum atomic E-state index is -0.705. The second-order valence-corrected chi connectivity index (χ2v) is 3.79. The summed E-state index contributed by atoms with van der Waals surface area (Å²) in [6.07, 6.45) is -0.925. The molecule has 17 heavy (non-hydrogen) atoms. The van der Waals surface area contributed by atoms with Crippen molar-refractivity contribution in [2.45, 2.75) is 39.3 Å². The van der Waals surface area contributed by atoms with E-state index in [1.807, 2.05) is 6.92 Å². The fourth-order valence-electron chi connectivity index (χ4n) is 1.59. The van der Waals surface area contributed by atoms with Gasteiger partial charge in [0, 0.05) is 26.9 Å². The third-order valence-electron chi connectivity index (χ3n) is 2.64. The molecule has 100 valence electrons. The quantitative estimate of drug-likeness (QED) is 0.709. The Hall–Kier alpha value is -1.30. The molecule has 0 rings (SSSR count). The lowest BCUT2D eigenvalue weighted by Crippen LogP contribution is -2.44. The summed E-state index contributed by atoms with van der Waals surface area (Å²) < 4.78 is 4.77. The number of carbonyl (C=O) groups excluding carboxylic acids is 2. The van der Waals surface area contributed by atoms with E-state index < -0.39 is 12.2 Å². The van der Waals surface area contributed by atoms with Crippen LogP contribution in [0.1, 0.15) is 27.2 Å². The van der Waals surface area contributed by atoms with Crippen molar-refractivity contribution in [1.29, 1.82) is 0 Å². The maximum atomic E-state index is 11.3. The number of ether oxygens (including phenoxy) is 1. The van der Waals surface area contributed by atoms with Crippen molar-refractivity contribution in [1.82, 2.24) is 10.2 Å². The van der Waals surface area contributed by atoms with E-state index in [2.05, 4.69) is 5.32 Å². The van der Waals surface area contributed by atoms with Crippen molar-refractivity contribution in [2.24, 2.45) is 0 Å². The van der Waals surface area contributed by atoms with Crippen LogP contribution in [-0.4, -0.2) is 54.4 Å². The number of amides is 2. The van der Waals surface area contributed by atoms with Crippen molar-refractivity contribution >= 4 is 12.0 Å². The van der Waals surface area contributed by atoms with Crippen LogP contribution in [0.15, 0.2) is 0 Å². The zero-order valence-corrected chi connectivity index (χ0v) is 10.9. The molecular formula is C11H22N2O4. The van der Waals surface area contributed by atoms with Gasteiger partial charge in [-0.2, -0.15) is 0 Å². The molecule has 0 heterocycles. The van der Waals surface area contributed by atoms with Gasteiger partial charge in [0.05, 0.1) is 18.8 Å². The number of likely N-dealkylation sites (N-methyl/N-ethyl adjacent to an activating group) is 1. The number of aliphatic hydroxyl groups excluding tert-OH is 1. The first-order valence-electron chi connectivity index (χ1n) is 5.73. The highest BCUT2D eigenvalue weighted by Crippen LogP contribution is 2.08. The predicted octanol–water partition coefficient (Wildman–Crippen LogP) is 0.350. The van der Waals surface area contributed by atoms with Gasteiger partial charge in [-0.3, -0.25) is 4.79 Å². The first-order valence-corrected chi connectivity index (χ1v) is 5.73. The monoisotopic (exact) mass is 246 g/mol. The lowest BCUT2D eigenvalue weighted by molar-refractivity contribution is -0.133. The van der Waals surface area contributed by atoms with Gasteiger partial charge in [0.1, 0.15) is 0 Å². The second-order valence-electron chi connectivity index (χ2n) is 3.79. The van der Waals surface area contributed by atoms with Crippen LogP contribution in [-0.2, 0) is 9.53 Å². The highest BCUT2D eigenvalue weighted by molar-refractivity contribution is 5.73. The van der Waals surface area contributed by atoms with Crippen molar-refractivity contribution < 1.29 is 19.4 Å². The third kappa shape index (κ3) is 5.53. The highest BCUT2D eigenvalue weighted by atomic mass is 16.5. The Morgan fingerprint density at radius 1 is 1.47 bits per heavy atom. The maximum Gasteiger partial charge on any atom is 0.406 e. The van der Waals surface area contributed by atoms with Crippen LogP contribution >= 0.6 is 0 Å². The SMILES string of the molecule is CCN(C(C)=O)C(C)C(O)CCOC(=O)NC. The Morgan fingerprint density at radius 3 is 2.47 bits per heavy atom. The molecule has 6 nitrogen and oxygen atoms in total. The fraction of sp³-hybridized carbons (Fsp3) is 0.818. The molecule has 2 amide bonds. The minimum absolute atomic E-state index is 0.0775. The first-order chi connectivity index (χ1) is 7.93. The molecule has 0 aliphatic heterocycles. The van der Waals surface area contributed by atoms with E-state index in [-0.39, 0.29) is 18.6 Å². The molecule has 2 unspecified atom stereocenters. The molecule has 0 aromatic carbocycles. The Kier molecular flexibility index (Phi) is 7.29. The number of alkyl carbamates (subject to hydrolysis) is 1. The van der Waals surface area contributed by atoms with Gasteiger partial charge in [0.15, 0.2) is 0 Å². The lowest BCUT2D eigenvalue weighted by Gasteiger charge is -2.30. The summed E-state index contributed by atoms with van der Waals surface area (Å²) in [7, 11) is 1.47. The summed E-state index contributed by atoms with van der Waals surface area (Å²) in [5.74, 6) is -0.0775. The van der Waals surface area contributed by atoms with E-state index >= 15 is 0 Å². The third-order valence-corrected chi connectivity index (χ3v) is 2.64. The molecule has 2 N–H and O–H groups in total. The van der Waals surface area contributed by atoms with Crippen LogP contribution in [0.25, 0.3) is 0 Å². The van der Waals surface area contributed by atoms with Crippen LogP contribution in [0, 0.1) is 0 Å². The van der Waals surface area contributed by atoms with Gasteiger partial charge < -0.3 is 20.1 Å². The zero-order chi connectivity index (χ0) is 13.4. The topological polar surface area (TPSA) is 78.9 Å². The van der Waals surface area contributed by atoms with Gasteiger partial charge in [-0.05, 0) is 13.8 Å². The Labute approximate surface area is 102 Å². The highest BCUT2D eigenvalue weighted by Gasteiger charge is 2.22. The van der Waals surface area contributed by atoms with Gasteiger partial charge >= 0.3 is 6.09 Å². The molecular weight excluding hydrogens is 224 g/mol. The molecule has 0 saturated carbocycles. The summed E-state index contributed by atoms with van der Waals surface area (Å²) in [5.41, 5.74) is 0. The van der Waals surface area contributed by atoms with E-state index in [1.54, 1.807) is 11.8 Å². The Balaban J connectivity index is 4.08. The molecule has 0 fully saturated rings. The Morgan fingerprint density at radius 2 is 2.06 bits per heavy atom. The average molecular weight is 246 g/mol. The number of aliphatic hydroxyl groups is 1. The number of nitrogens with zero attached hydrogens (tertiary/aromatic N) is 1. The van der Waals surface area contributed by atoms with Crippen molar-refractivity contribution in [3.8, 4) is 0 Å². The summed E-state index contributed by atoms with van der Waals surface area (Å²) in [6.45, 7) is 5.76. The van der Waals surface area contributed by atoms with Gasteiger partial charge in [-0.1, -0.05) is 0 Å². The summed E-state index contributed by atoms with van der Waals surface area (Å²) in [5, 5.41) is 12.2. The van der Waals surface area contributed by atoms with E-state index in [0.717, 1.165) is 0 Å². The molecule has 2 atom stereocenters. The lowest BCUT2D eigenvalue weighted by atomic mass is 10.1. The standard InChI is InChI=1S/C11H22N2O4/c1-5-13(9(3)14)8(2)10(15)6-7-17-11(16)12-4/h8,10,15H,5-7H2,1-4H3,(H,12,16). The molecule has 0 aromatic rings. The van der Waals surface area contributed by atoms with E-state index in [9.17, 15) is 14.7 Å². The van der Waals surface area contributed by atoms with Crippen LogP contribution in [0.4, 0.5) is 4.79 Å². The molecule has 0 saturated heterocycles. The minimum Gasteiger partial charge on any atom is -0.449 e. The molecule has 0 aliphatic carbocycles. The molecule has 0 aromatic heterocycles. The molecule has 0 aliphatic rings. The van der Waals surface area contributed by atoms with Crippen LogP contribution in [0.3, 0.4) is 0 Å². The van der Waals surface area contributed by atoms with Crippen LogP contribution < -0.4 is 5.32 Å². The molecule has 0 bridgehead atoms. The van der Waals surface area contributed by atoms with E-state index in [4.69, 9.17) is 4.74 Å². The number of hydrogen-bond donors (Lipinski definition) is 2. The number of rotatable bonds is 6. The smallest absolute Gasteiger partial charge is 0.406 e. The van der Waals surface area contributed by atoms with Crippen molar-refractivity contribution in [3.63, 3.8) is 0 Å². The largest absolute Gasteiger partial charge is 0.449 e. The molecule has 0 radical (unpaired) electrons. The zero-order valence-electron chi connectivity index (χ0n) is 10.9. The van der Waals surface area contributed by atoms with Crippen molar-refractivity contribution in [2.75, 3.05) is 20.2 Å². The predicted molar refractivity (Wildman–Crippen MR) is 63.6 cm³/mol. The number of carbonyl (C=O) groups is 2. The Bertz CT molecular complexity index is 258. The van der Waals surface area contributed by atoms with E-state index in [0.29, 0.717) is 13.0 Å². The average Bonchev–Trinajstić information content (AvgIpc) is 2.28. The van der Waals surface area contributed by atoms with Crippen LogP contribution in [0.5, 0.6) is 0 Å². The normalized spacial score (nSPS) is 13.7. The van der Waals surface area contributed by atoms with Gasteiger partial charge in [-0.15, -0.1) is 0 Å². The summed E-state index contributed by atoms with van der Waals surface area (Å²) in [6, 6.07) is -0.286. The van der Waals surface area contributed by atoms with Crippen LogP contribution in [0.2, 0.25) is 0 Å².